The zero-order valence-electron chi connectivity index (χ0n) is 12.3. The Morgan fingerprint density at radius 2 is 2.00 bits per heavy atom. The van der Waals surface area contributed by atoms with E-state index in [0.717, 1.165) is 11.3 Å². The summed E-state index contributed by atoms with van der Waals surface area (Å²) < 4.78 is 28.6. The van der Waals surface area contributed by atoms with Crippen molar-refractivity contribution in [3.63, 3.8) is 0 Å². The quantitative estimate of drug-likeness (QED) is 0.590. The van der Waals surface area contributed by atoms with Crippen LogP contribution in [0.25, 0.3) is 17.0 Å². The van der Waals surface area contributed by atoms with Gasteiger partial charge in [0.1, 0.15) is 0 Å². The van der Waals surface area contributed by atoms with Crippen LogP contribution in [-0.2, 0) is 10.0 Å². The van der Waals surface area contributed by atoms with Crippen molar-refractivity contribution in [1.82, 2.24) is 24.3 Å². The fourth-order valence-corrected chi connectivity index (χ4v) is 3.24. The molecule has 120 valence electrons. The first-order chi connectivity index (χ1) is 11.6. The molecule has 9 heteroatoms. The molecule has 3 heterocycles. The van der Waals surface area contributed by atoms with Gasteiger partial charge in [0.05, 0.1) is 18.2 Å². The van der Waals surface area contributed by atoms with E-state index in [0.29, 0.717) is 11.5 Å². The average molecular weight is 340 g/mol. The van der Waals surface area contributed by atoms with Crippen LogP contribution in [0.5, 0.6) is 0 Å². The van der Waals surface area contributed by atoms with Gasteiger partial charge in [-0.3, -0.25) is 9.12 Å². The summed E-state index contributed by atoms with van der Waals surface area (Å²) in [6, 6.07) is 8.78. The number of hydrogen-bond donors (Lipinski definition) is 2. The number of anilines is 1. The monoisotopic (exact) mass is 340 g/mol. The Kier molecular flexibility index (Phi) is 3.28. The number of fused-ring (bicyclic) bond motifs is 1. The number of nitrogens with one attached hydrogen (secondary N) is 2. The lowest BCUT2D eigenvalue weighted by Gasteiger charge is -2.06. The second-order valence-electron chi connectivity index (χ2n) is 5.05. The number of aromatic nitrogens is 5. The number of sulfonamides is 1. The second kappa shape index (κ2) is 5.46. The van der Waals surface area contributed by atoms with Gasteiger partial charge in [-0.25, -0.2) is 15.0 Å². The van der Waals surface area contributed by atoms with Gasteiger partial charge >= 0.3 is 0 Å². The number of nitrogens with zero attached hydrogens (tertiary/aromatic N) is 4. The summed E-state index contributed by atoms with van der Waals surface area (Å²) in [7, 11) is -3.67. The molecule has 1 aromatic carbocycles. The minimum atomic E-state index is -3.67. The van der Waals surface area contributed by atoms with E-state index in [1.165, 1.54) is 12.5 Å². The molecule has 0 amide bonds. The molecule has 0 bridgehead atoms. The SMILES string of the molecule is O=S(=O)(Nc1ccc(-c2cn3cccnc3n2)cc1)c1cnc[nH]1. The van der Waals surface area contributed by atoms with Gasteiger partial charge in [0.2, 0.25) is 5.78 Å². The predicted molar refractivity (Wildman–Crippen MR) is 87.8 cm³/mol. The molecule has 4 rings (SSSR count). The molecule has 4 aromatic rings. The van der Waals surface area contributed by atoms with Gasteiger partial charge in [-0.2, -0.15) is 8.42 Å². The summed E-state index contributed by atoms with van der Waals surface area (Å²) in [4.78, 5) is 14.9. The highest BCUT2D eigenvalue weighted by atomic mass is 32.2. The number of benzene rings is 1. The number of aromatic amines is 1. The third kappa shape index (κ3) is 2.61. The smallest absolute Gasteiger partial charge is 0.278 e. The van der Waals surface area contributed by atoms with E-state index < -0.39 is 10.0 Å². The Morgan fingerprint density at radius 3 is 2.71 bits per heavy atom. The maximum atomic E-state index is 12.1. The van der Waals surface area contributed by atoms with E-state index in [2.05, 4.69) is 24.7 Å². The summed E-state index contributed by atoms with van der Waals surface area (Å²) in [5, 5.41) is 0.0120. The highest BCUT2D eigenvalue weighted by molar-refractivity contribution is 7.92. The largest absolute Gasteiger partial charge is 0.334 e. The molecule has 8 nitrogen and oxygen atoms in total. The van der Waals surface area contributed by atoms with Crippen LogP contribution < -0.4 is 4.72 Å². The molecular formula is C15H12N6O2S. The van der Waals surface area contributed by atoms with E-state index in [-0.39, 0.29) is 5.03 Å². The lowest BCUT2D eigenvalue weighted by molar-refractivity contribution is 0.598. The van der Waals surface area contributed by atoms with Crippen molar-refractivity contribution in [2.45, 2.75) is 5.03 Å². The van der Waals surface area contributed by atoms with Gasteiger partial charge in [-0.1, -0.05) is 12.1 Å². The van der Waals surface area contributed by atoms with Crippen LogP contribution in [0.2, 0.25) is 0 Å². The molecule has 0 spiro atoms. The lowest BCUT2D eigenvalue weighted by atomic mass is 10.1. The standard InChI is InChI=1S/C15H12N6O2S/c22-24(23,14-8-16-10-18-14)20-12-4-2-11(3-5-12)13-9-21-7-1-6-17-15(21)19-13/h1-10,20H,(H,16,18). The van der Waals surface area contributed by atoms with Crippen molar-refractivity contribution >= 4 is 21.5 Å². The highest BCUT2D eigenvalue weighted by Crippen LogP contribution is 2.22. The van der Waals surface area contributed by atoms with Gasteiger partial charge in [0.15, 0.2) is 5.03 Å². The fourth-order valence-electron chi connectivity index (χ4n) is 2.28. The first kappa shape index (κ1) is 14.4. The Hall–Kier alpha value is -3.20. The highest BCUT2D eigenvalue weighted by Gasteiger charge is 2.15. The molecule has 3 aromatic heterocycles. The van der Waals surface area contributed by atoms with Crippen LogP contribution in [0, 0.1) is 0 Å². The molecule has 0 saturated carbocycles. The molecule has 2 N–H and O–H groups in total. The number of imidazole rings is 2. The Morgan fingerprint density at radius 1 is 1.17 bits per heavy atom. The first-order valence-corrected chi connectivity index (χ1v) is 8.51. The van der Waals surface area contributed by atoms with Crippen molar-refractivity contribution in [2.24, 2.45) is 0 Å². The zero-order valence-corrected chi connectivity index (χ0v) is 13.1. The van der Waals surface area contributed by atoms with Crippen molar-refractivity contribution in [2.75, 3.05) is 4.72 Å². The summed E-state index contributed by atoms with van der Waals surface area (Å²) >= 11 is 0. The van der Waals surface area contributed by atoms with Crippen molar-refractivity contribution in [3.8, 4) is 11.3 Å². The van der Waals surface area contributed by atoms with Crippen LogP contribution in [0.3, 0.4) is 0 Å². The summed E-state index contributed by atoms with van der Waals surface area (Å²) in [6.45, 7) is 0. The Balaban J connectivity index is 1.61. The van der Waals surface area contributed by atoms with E-state index >= 15 is 0 Å². The molecule has 24 heavy (non-hydrogen) atoms. The zero-order chi connectivity index (χ0) is 16.6. The Labute approximate surface area is 137 Å². The van der Waals surface area contributed by atoms with Gasteiger partial charge in [-0.05, 0) is 18.2 Å². The maximum absolute atomic E-state index is 12.1. The van der Waals surface area contributed by atoms with Crippen LogP contribution in [0.1, 0.15) is 0 Å². The summed E-state index contributed by atoms with van der Waals surface area (Å²) in [6.07, 6.45) is 7.98. The van der Waals surface area contributed by atoms with Crippen LogP contribution >= 0.6 is 0 Å². The van der Waals surface area contributed by atoms with Crippen LogP contribution in [-0.4, -0.2) is 32.8 Å². The third-order valence-corrected chi connectivity index (χ3v) is 4.74. The first-order valence-electron chi connectivity index (χ1n) is 7.03. The van der Waals surface area contributed by atoms with Gasteiger partial charge in [0.25, 0.3) is 10.0 Å². The molecule has 0 aliphatic carbocycles. The maximum Gasteiger partial charge on any atom is 0.278 e. The average Bonchev–Trinajstić information content (AvgIpc) is 3.25. The molecule has 0 atom stereocenters. The molecule has 0 saturated heterocycles. The molecule has 0 fully saturated rings. The minimum absolute atomic E-state index is 0.0120. The molecule has 0 aliphatic heterocycles. The summed E-state index contributed by atoms with van der Waals surface area (Å²) in [5.41, 5.74) is 2.08. The Bertz CT molecular complexity index is 1050. The minimum Gasteiger partial charge on any atom is -0.334 e. The lowest BCUT2D eigenvalue weighted by Crippen LogP contribution is -2.13. The number of rotatable bonds is 4. The summed E-state index contributed by atoms with van der Waals surface area (Å²) in [5.74, 6) is 0.608. The normalized spacial score (nSPS) is 11.7. The van der Waals surface area contributed by atoms with Crippen LogP contribution in [0.4, 0.5) is 5.69 Å². The van der Waals surface area contributed by atoms with Gasteiger partial charge < -0.3 is 4.98 Å². The topological polar surface area (TPSA) is 105 Å². The number of H-pyrrole nitrogens is 1. The third-order valence-electron chi connectivity index (χ3n) is 3.43. The van der Waals surface area contributed by atoms with E-state index in [1.54, 1.807) is 30.5 Å². The van der Waals surface area contributed by atoms with Crippen molar-refractivity contribution in [1.29, 1.82) is 0 Å². The molecule has 0 unspecified atom stereocenters. The van der Waals surface area contributed by atoms with E-state index in [1.807, 2.05) is 22.9 Å². The second-order valence-corrected chi connectivity index (χ2v) is 6.70. The van der Waals surface area contributed by atoms with Crippen molar-refractivity contribution < 1.29 is 8.42 Å². The van der Waals surface area contributed by atoms with Crippen LogP contribution in [0.15, 0.2) is 66.5 Å². The molecule has 0 radical (unpaired) electrons. The fraction of sp³-hybridized carbons (Fsp3) is 0. The van der Waals surface area contributed by atoms with E-state index in [4.69, 9.17) is 0 Å². The van der Waals surface area contributed by atoms with Gasteiger partial charge in [0, 0.05) is 29.8 Å². The molecule has 0 aliphatic rings. The molecular weight excluding hydrogens is 328 g/mol. The number of hydrogen-bond acceptors (Lipinski definition) is 5. The predicted octanol–water partition coefficient (Wildman–Crippen LogP) is 1.92. The van der Waals surface area contributed by atoms with Gasteiger partial charge in [-0.15, -0.1) is 0 Å². The van der Waals surface area contributed by atoms with E-state index in [9.17, 15) is 8.42 Å². The van der Waals surface area contributed by atoms with Crippen molar-refractivity contribution in [3.05, 3.63) is 61.4 Å².